The van der Waals surface area contributed by atoms with Gasteiger partial charge >= 0.3 is 0 Å². The number of rotatable bonds is 6. The maximum absolute atomic E-state index is 8.04. The van der Waals surface area contributed by atoms with E-state index in [-0.39, 0.29) is 0 Å². The highest BCUT2D eigenvalue weighted by molar-refractivity contribution is 6.08. The molecule has 5 nitrogen and oxygen atoms in total. The zero-order chi connectivity index (χ0) is 14.4. The SMILES string of the molecule is C=C(/C=C\c1nc(C(=N)/C(=C/C)CN)[nH]c1C)OC. The maximum atomic E-state index is 8.04. The molecule has 0 fully saturated rings. The number of hydrogen-bond donors (Lipinski definition) is 3. The third-order valence-electron chi connectivity index (χ3n) is 2.74. The Bertz CT molecular complexity index is 538. The summed E-state index contributed by atoms with van der Waals surface area (Å²) in [7, 11) is 1.56. The molecule has 1 aromatic heterocycles. The van der Waals surface area contributed by atoms with E-state index >= 15 is 0 Å². The molecule has 0 saturated carbocycles. The van der Waals surface area contributed by atoms with Crippen molar-refractivity contribution in [1.29, 1.82) is 5.41 Å². The molecule has 102 valence electrons. The molecule has 1 aromatic rings. The van der Waals surface area contributed by atoms with Gasteiger partial charge in [0.05, 0.1) is 12.8 Å². The molecule has 0 aliphatic carbocycles. The van der Waals surface area contributed by atoms with Gasteiger partial charge in [0.2, 0.25) is 0 Å². The Morgan fingerprint density at radius 3 is 2.79 bits per heavy atom. The number of aryl methyl sites for hydroxylation is 1. The number of allylic oxidation sites excluding steroid dienone is 2. The Morgan fingerprint density at radius 1 is 1.58 bits per heavy atom. The first kappa shape index (κ1) is 14.9. The summed E-state index contributed by atoms with van der Waals surface area (Å²) in [4.78, 5) is 7.45. The van der Waals surface area contributed by atoms with Crippen molar-refractivity contribution in [2.75, 3.05) is 13.7 Å². The van der Waals surface area contributed by atoms with E-state index in [2.05, 4.69) is 16.5 Å². The summed E-state index contributed by atoms with van der Waals surface area (Å²) in [5, 5.41) is 8.04. The quantitative estimate of drug-likeness (QED) is 0.416. The third-order valence-corrected chi connectivity index (χ3v) is 2.74. The second-order valence-electron chi connectivity index (χ2n) is 3.99. The first-order chi connectivity index (χ1) is 9.03. The van der Waals surface area contributed by atoms with Crippen molar-refractivity contribution >= 4 is 11.8 Å². The van der Waals surface area contributed by atoms with Crippen LogP contribution in [0.2, 0.25) is 0 Å². The Kier molecular flexibility index (Phi) is 5.26. The van der Waals surface area contributed by atoms with Crippen LogP contribution < -0.4 is 5.73 Å². The van der Waals surface area contributed by atoms with Gasteiger partial charge in [0.15, 0.2) is 5.82 Å². The number of ether oxygens (including phenoxy) is 1. The number of methoxy groups -OCH3 is 1. The van der Waals surface area contributed by atoms with Crippen LogP contribution in [0, 0.1) is 12.3 Å². The van der Waals surface area contributed by atoms with E-state index in [0.29, 0.717) is 23.8 Å². The van der Waals surface area contributed by atoms with Crippen molar-refractivity contribution in [1.82, 2.24) is 9.97 Å². The Morgan fingerprint density at radius 2 is 2.26 bits per heavy atom. The number of hydrogen-bond acceptors (Lipinski definition) is 4. The standard InChI is InChI=1S/C14H20N4O/c1-5-11(8-15)13(16)14-17-10(3)12(18-14)7-6-9(2)19-4/h5-7,16H,2,8,15H2,1,3-4H3,(H,17,18)/b7-6-,11-5+,16-13?. The van der Waals surface area contributed by atoms with Crippen LogP contribution in [0.5, 0.6) is 0 Å². The van der Waals surface area contributed by atoms with Gasteiger partial charge in [0, 0.05) is 12.2 Å². The first-order valence-corrected chi connectivity index (χ1v) is 5.95. The molecule has 0 spiro atoms. The zero-order valence-corrected chi connectivity index (χ0v) is 11.6. The zero-order valence-electron chi connectivity index (χ0n) is 11.6. The van der Waals surface area contributed by atoms with E-state index in [0.717, 1.165) is 17.0 Å². The lowest BCUT2D eigenvalue weighted by Gasteiger charge is -2.02. The number of imidazole rings is 1. The summed E-state index contributed by atoms with van der Waals surface area (Å²) in [6.45, 7) is 7.78. The highest BCUT2D eigenvalue weighted by Gasteiger charge is 2.11. The number of nitrogens with one attached hydrogen (secondary N) is 2. The summed E-state index contributed by atoms with van der Waals surface area (Å²) in [6, 6.07) is 0. The number of aromatic amines is 1. The molecule has 0 radical (unpaired) electrons. The monoisotopic (exact) mass is 260 g/mol. The van der Waals surface area contributed by atoms with Gasteiger partial charge < -0.3 is 15.5 Å². The van der Waals surface area contributed by atoms with Crippen LogP contribution in [-0.2, 0) is 4.74 Å². The second-order valence-corrected chi connectivity index (χ2v) is 3.99. The van der Waals surface area contributed by atoms with Crippen LogP contribution in [-0.4, -0.2) is 29.3 Å². The topological polar surface area (TPSA) is 87.8 Å². The van der Waals surface area contributed by atoms with Crippen molar-refractivity contribution < 1.29 is 4.74 Å². The minimum Gasteiger partial charge on any atom is -0.497 e. The Balaban J connectivity index is 3.00. The molecule has 1 heterocycles. The van der Waals surface area contributed by atoms with E-state index < -0.39 is 0 Å². The highest BCUT2D eigenvalue weighted by atomic mass is 16.5. The Hall–Kier alpha value is -2.14. The number of nitrogens with zero attached hydrogens (tertiary/aromatic N) is 1. The van der Waals surface area contributed by atoms with E-state index in [1.54, 1.807) is 19.3 Å². The Labute approximate surface area is 113 Å². The minimum atomic E-state index is 0.318. The number of aromatic nitrogens is 2. The number of nitrogens with two attached hydrogens (primary N) is 1. The second kappa shape index (κ2) is 6.70. The lowest BCUT2D eigenvalue weighted by molar-refractivity contribution is 0.309. The van der Waals surface area contributed by atoms with Gasteiger partial charge in [-0.25, -0.2) is 4.98 Å². The molecular formula is C14H20N4O. The predicted molar refractivity (Wildman–Crippen MR) is 78.1 cm³/mol. The van der Waals surface area contributed by atoms with Crippen LogP contribution in [0.4, 0.5) is 0 Å². The van der Waals surface area contributed by atoms with Gasteiger partial charge in [-0.3, -0.25) is 5.41 Å². The summed E-state index contributed by atoms with van der Waals surface area (Å²) in [5.74, 6) is 1.06. The molecular weight excluding hydrogens is 240 g/mol. The van der Waals surface area contributed by atoms with Crippen molar-refractivity contribution in [2.45, 2.75) is 13.8 Å². The largest absolute Gasteiger partial charge is 0.497 e. The molecule has 0 bridgehead atoms. The van der Waals surface area contributed by atoms with Crippen LogP contribution in [0.25, 0.3) is 6.08 Å². The fourth-order valence-electron chi connectivity index (χ4n) is 1.51. The van der Waals surface area contributed by atoms with Crippen LogP contribution in [0.1, 0.15) is 24.1 Å². The van der Waals surface area contributed by atoms with Gasteiger partial charge in [-0.05, 0) is 31.6 Å². The summed E-state index contributed by atoms with van der Waals surface area (Å²) >= 11 is 0. The van der Waals surface area contributed by atoms with Gasteiger partial charge in [-0.15, -0.1) is 0 Å². The van der Waals surface area contributed by atoms with E-state index in [4.69, 9.17) is 15.9 Å². The maximum Gasteiger partial charge on any atom is 0.156 e. The molecule has 4 N–H and O–H groups in total. The van der Waals surface area contributed by atoms with E-state index in [1.165, 1.54) is 0 Å². The van der Waals surface area contributed by atoms with Gasteiger partial charge in [-0.1, -0.05) is 12.7 Å². The van der Waals surface area contributed by atoms with E-state index in [9.17, 15) is 0 Å². The van der Waals surface area contributed by atoms with Crippen LogP contribution in [0.3, 0.4) is 0 Å². The third kappa shape index (κ3) is 3.66. The first-order valence-electron chi connectivity index (χ1n) is 5.95. The molecule has 0 aliphatic rings. The van der Waals surface area contributed by atoms with Gasteiger partial charge in [-0.2, -0.15) is 0 Å². The van der Waals surface area contributed by atoms with Crippen molar-refractivity contribution in [3.05, 3.63) is 47.3 Å². The molecule has 0 saturated heterocycles. The van der Waals surface area contributed by atoms with E-state index in [1.807, 2.05) is 19.9 Å². The lowest BCUT2D eigenvalue weighted by Crippen LogP contribution is -2.14. The van der Waals surface area contributed by atoms with Crippen LogP contribution in [0.15, 0.2) is 30.1 Å². The summed E-state index contributed by atoms with van der Waals surface area (Å²) < 4.78 is 4.95. The molecule has 0 amide bonds. The normalized spacial score (nSPS) is 11.9. The molecule has 1 rings (SSSR count). The predicted octanol–water partition coefficient (Wildman–Crippen LogP) is 2.16. The molecule has 0 aromatic carbocycles. The van der Waals surface area contributed by atoms with Crippen LogP contribution >= 0.6 is 0 Å². The van der Waals surface area contributed by atoms with Crippen molar-refractivity contribution in [3.8, 4) is 0 Å². The number of H-pyrrole nitrogens is 1. The lowest BCUT2D eigenvalue weighted by atomic mass is 10.1. The summed E-state index contributed by atoms with van der Waals surface area (Å²) in [5.41, 5.74) is 8.30. The average Bonchev–Trinajstić information content (AvgIpc) is 2.78. The molecule has 19 heavy (non-hydrogen) atoms. The molecule has 0 unspecified atom stereocenters. The minimum absolute atomic E-state index is 0.318. The van der Waals surface area contributed by atoms with Crippen molar-refractivity contribution in [3.63, 3.8) is 0 Å². The van der Waals surface area contributed by atoms with Gasteiger partial charge in [0.25, 0.3) is 0 Å². The fraction of sp³-hybridized carbons (Fsp3) is 0.286. The molecule has 0 atom stereocenters. The van der Waals surface area contributed by atoms with Crippen molar-refractivity contribution in [2.24, 2.45) is 5.73 Å². The smallest absolute Gasteiger partial charge is 0.156 e. The molecule has 0 aliphatic heterocycles. The van der Waals surface area contributed by atoms with Gasteiger partial charge in [0.1, 0.15) is 11.5 Å². The highest BCUT2D eigenvalue weighted by Crippen LogP contribution is 2.11. The fourth-order valence-corrected chi connectivity index (χ4v) is 1.51. The molecule has 5 heteroatoms. The summed E-state index contributed by atoms with van der Waals surface area (Å²) in [6.07, 6.45) is 5.35. The average molecular weight is 260 g/mol.